The second-order valence-corrected chi connectivity index (χ2v) is 7.14. The topological polar surface area (TPSA) is 63.7 Å². The van der Waals surface area contributed by atoms with Crippen molar-refractivity contribution < 1.29 is 19.1 Å². The Labute approximate surface area is 143 Å². The highest BCUT2D eigenvalue weighted by atomic mass is 32.1. The van der Waals surface area contributed by atoms with E-state index in [1.165, 1.54) is 16.2 Å². The van der Waals surface area contributed by atoms with Crippen molar-refractivity contribution in [3.8, 4) is 0 Å². The van der Waals surface area contributed by atoms with Gasteiger partial charge in [-0.25, -0.2) is 0 Å². The van der Waals surface area contributed by atoms with Gasteiger partial charge in [-0.05, 0) is 37.4 Å². The number of carbonyl (C=O) groups is 3. The summed E-state index contributed by atoms with van der Waals surface area (Å²) in [5, 5.41) is 1.83. The van der Waals surface area contributed by atoms with Gasteiger partial charge in [-0.3, -0.25) is 19.3 Å². The van der Waals surface area contributed by atoms with Gasteiger partial charge in [-0.1, -0.05) is 18.2 Å². The lowest BCUT2D eigenvalue weighted by Crippen LogP contribution is -2.50. The van der Waals surface area contributed by atoms with E-state index in [4.69, 9.17) is 4.74 Å². The molecule has 0 aliphatic carbocycles. The van der Waals surface area contributed by atoms with Crippen LogP contribution >= 0.6 is 11.3 Å². The van der Waals surface area contributed by atoms with Crippen molar-refractivity contribution in [1.82, 2.24) is 4.90 Å². The summed E-state index contributed by atoms with van der Waals surface area (Å²) in [7, 11) is 0. The maximum atomic E-state index is 12.5. The van der Waals surface area contributed by atoms with Gasteiger partial charge >= 0.3 is 0 Å². The summed E-state index contributed by atoms with van der Waals surface area (Å²) in [5.74, 6) is -0.759. The Bertz CT molecular complexity index is 760. The predicted molar refractivity (Wildman–Crippen MR) is 90.5 cm³/mol. The molecule has 5 nitrogen and oxygen atoms in total. The fourth-order valence-corrected chi connectivity index (χ4v) is 3.36. The summed E-state index contributed by atoms with van der Waals surface area (Å²) in [5.41, 5.74) is -0.0291. The molecule has 1 aromatic heterocycles. The number of nitrogens with zero attached hydrogens (tertiary/aromatic N) is 1. The normalized spacial score (nSPS) is 14.2. The summed E-state index contributed by atoms with van der Waals surface area (Å²) < 4.78 is 5.50. The Hall–Kier alpha value is -2.31. The van der Waals surface area contributed by atoms with Crippen LogP contribution in [0.25, 0.3) is 0 Å². The molecule has 0 radical (unpaired) electrons. The first kappa shape index (κ1) is 16.5. The number of hydrogen-bond donors (Lipinski definition) is 0. The number of carbonyl (C=O) groups excluding carboxylic acids is 3. The summed E-state index contributed by atoms with van der Waals surface area (Å²) in [6.07, 6.45) is 0. The lowest BCUT2D eigenvalue weighted by Gasteiger charge is -2.33. The van der Waals surface area contributed by atoms with Gasteiger partial charge in [0, 0.05) is 0 Å². The van der Waals surface area contributed by atoms with Crippen LogP contribution in [-0.4, -0.2) is 41.3 Å². The van der Waals surface area contributed by atoms with Gasteiger partial charge in [0.05, 0.1) is 28.1 Å². The zero-order chi connectivity index (χ0) is 17.3. The Kier molecular flexibility index (Phi) is 4.34. The molecular formula is C18H17NO4S. The largest absolute Gasteiger partial charge is 0.371 e. The molecule has 24 heavy (non-hydrogen) atoms. The van der Waals surface area contributed by atoms with E-state index in [-0.39, 0.29) is 30.8 Å². The molecule has 1 aliphatic rings. The van der Waals surface area contributed by atoms with Crippen LogP contribution in [0.3, 0.4) is 0 Å². The minimum Gasteiger partial charge on any atom is -0.371 e. The summed E-state index contributed by atoms with van der Waals surface area (Å²) in [6.45, 7) is 3.53. The average molecular weight is 343 g/mol. The van der Waals surface area contributed by atoms with E-state index in [1.54, 1.807) is 50.2 Å². The van der Waals surface area contributed by atoms with Crippen molar-refractivity contribution in [3.05, 3.63) is 57.8 Å². The lowest BCUT2D eigenvalue weighted by atomic mass is 10.0. The zero-order valence-corrected chi connectivity index (χ0v) is 14.3. The van der Waals surface area contributed by atoms with Crippen LogP contribution in [-0.2, 0) is 4.74 Å². The molecule has 1 aliphatic heterocycles. The van der Waals surface area contributed by atoms with Crippen molar-refractivity contribution in [3.63, 3.8) is 0 Å². The van der Waals surface area contributed by atoms with Gasteiger partial charge in [0.15, 0.2) is 5.78 Å². The monoisotopic (exact) mass is 343 g/mol. The van der Waals surface area contributed by atoms with Crippen LogP contribution in [0.1, 0.15) is 44.2 Å². The second kappa shape index (κ2) is 6.30. The quantitative estimate of drug-likeness (QED) is 0.597. The number of ketones is 1. The van der Waals surface area contributed by atoms with E-state index in [9.17, 15) is 14.4 Å². The molecule has 2 amide bonds. The number of benzene rings is 1. The summed E-state index contributed by atoms with van der Waals surface area (Å²) in [6, 6.07) is 10.3. The molecular weight excluding hydrogens is 326 g/mol. The van der Waals surface area contributed by atoms with Gasteiger partial charge in [0.2, 0.25) is 0 Å². The maximum Gasteiger partial charge on any atom is 0.262 e. The van der Waals surface area contributed by atoms with E-state index in [1.807, 2.05) is 5.38 Å². The molecule has 0 bridgehead atoms. The van der Waals surface area contributed by atoms with Crippen LogP contribution in [0, 0.1) is 0 Å². The van der Waals surface area contributed by atoms with Gasteiger partial charge < -0.3 is 4.74 Å². The predicted octanol–water partition coefficient (Wildman–Crippen LogP) is 3.02. The number of rotatable bonds is 6. The van der Waals surface area contributed by atoms with Crippen LogP contribution in [0.5, 0.6) is 0 Å². The third-order valence-corrected chi connectivity index (χ3v) is 4.79. The van der Waals surface area contributed by atoms with E-state index in [2.05, 4.69) is 0 Å². The zero-order valence-electron chi connectivity index (χ0n) is 13.4. The smallest absolute Gasteiger partial charge is 0.262 e. The SMILES string of the molecule is CC(C)(COCC(=O)c1cccs1)N1C(=O)c2ccccc2C1=O. The van der Waals surface area contributed by atoms with Gasteiger partial charge in [0.1, 0.15) is 6.61 Å². The molecule has 0 saturated carbocycles. The van der Waals surface area contributed by atoms with Crippen LogP contribution < -0.4 is 0 Å². The molecule has 0 atom stereocenters. The molecule has 2 heterocycles. The molecule has 1 aromatic carbocycles. The van der Waals surface area contributed by atoms with E-state index >= 15 is 0 Å². The molecule has 0 N–H and O–H groups in total. The molecule has 0 fully saturated rings. The standard InChI is InChI=1S/C18H17NO4S/c1-18(2,11-23-10-14(20)15-8-5-9-24-15)19-16(21)12-6-3-4-7-13(12)17(19)22/h3-9H,10-11H2,1-2H3. The maximum absolute atomic E-state index is 12.5. The van der Waals surface area contributed by atoms with Gasteiger partial charge in [-0.2, -0.15) is 0 Å². The van der Waals surface area contributed by atoms with E-state index in [0.717, 1.165) is 0 Å². The highest BCUT2D eigenvalue weighted by Crippen LogP contribution is 2.29. The van der Waals surface area contributed by atoms with Crippen molar-refractivity contribution >= 4 is 28.9 Å². The number of imide groups is 1. The van der Waals surface area contributed by atoms with Crippen molar-refractivity contribution in [1.29, 1.82) is 0 Å². The van der Waals surface area contributed by atoms with Crippen LogP contribution in [0.15, 0.2) is 41.8 Å². The van der Waals surface area contributed by atoms with Crippen molar-refractivity contribution in [2.24, 2.45) is 0 Å². The second-order valence-electron chi connectivity index (χ2n) is 6.20. The highest BCUT2D eigenvalue weighted by molar-refractivity contribution is 7.12. The fourth-order valence-electron chi connectivity index (χ4n) is 2.71. The highest BCUT2D eigenvalue weighted by Gasteiger charge is 2.44. The summed E-state index contributed by atoms with van der Waals surface area (Å²) in [4.78, 5) is 38.9. The Morgan fingerprint density at radius 1 is 1.08 bits per heavy atom. The number of amides is 2. The molecule has 124 valence electrons. The number of hydrogen-bond acceptors (Lipinski definition) is 5. The van der Waals surface area contributed by atoms with Crippen molar-refractivity contribution in [2.75, 3.05) is 13.2 Å². The molecule has 0 saturated heterocycles. The minimum atomic E-state index is -0.844. The number of thiophene rings is 1. The molecule has 3 rings (SSSR count). The first-order chi connectivity index (χ1) is 11.4. The average Bonchev–Trinajstić information content (AvgIpc) is 3.16. The van der Waals surface area contributed by atoms with Gasteiger partial charge in [0.25, 0.3) is 11.8 Å². The van der Waals surface area contributed by atoms with E-state index < -0.39 is 5.54 Å². The number of Topliss-reactive ketones (excluding diaryl/α,β-unsaturated/α-hetero) is 1. The van der Waals surface area contributed by atoms with E-state index in [0.29, 0.717) is 16.0 Å². The third-order valence-electron chi connectivity index (χ3n) is 3.88. The first-order valence-corrected chi connectivity index (χ1v) is 8.42. The fraction of sp³-hybridized carbons (Fsp3) is 0.278. The lowest BCUT2D eigenvalue weighted by molar-refractivity contribution is 0.0179. The minimum absolute atomic E-state index is 0.0763. The Morgan fingerprint density at radius 2 is 1.71 bits per heavy atom. The van der Waals surface area contributed by atoms with Crippen molar-refractivity contribution in [2.45, 2.75) is 19.4 Å². The Balaban J connectivity index is 1.67. The van der Waals surface area contributed by atoms with Gasteiger partial charge in [-0.15, -0.1) is 11.3 Å². The number of fused-ring (bicyclic) bond motifs is 1. The molecule has 2 aromatic rings. The first-order valence-electron chi connectivity index (χ1n) is 7.54. The molecule has 0 unspecified atom stereocenters. The number of ether oxygens (including phenoxy) is 1. The van der Waals surface area contributed by atoms with Crippen LogP contribution in [0.4, 0.5) is 0 Å². The summed E-state index contributed by atoms with van der Waals surface area (Å²) >= 11 is 1.36. The molecule has 0 spiro atoms. The third kappa shape index (κ3) is 2.90. The molecule has 6 heteroatoms. The van der Waals surface area contributed by atoms with Crippen LogP contribution in [0.2, 0.25) is 0 Å². The Morgan fingerprint density at radius 3 is 2.25 bits per heavy atom.